The van der Waals surface area contributed by atoms with Gasteiger partial charge in [-0.25, -0.2) is 9.79 Å². The van der Waals surface area contributed by atoms with Gasteiger partial charge in [0.1, 0.15) is 6.61 Å². The highest BCUT2D eigenvalue weighted by molar-refractivity contribution is 8.18. The molecule has 37 heavy (non-hydrogen) atoms. The van der Waals surface area contributed by atoms with Gasteiger partial charge in [0.05, 0.1) is 22.8 Å². The van der Waals surface area contributed by atoms with Crippen molar-refractivity contribution in [2.45, 2.75) is 20.5 Å². The Morgan fingerprint density at radius 2 is 1.84 bits per heavy atom. The molecular formula is C28H25ClN2O5S. The van der Waals surface area contributed by atoms with E-state index in [4.69, 9.17) is 26.2 Å². The Hall–Kier alpha value is -3.75. The molecule has 1 aliphatic heterocycles. The third kappa shape index (κ3) is 6.53. The summed E-state index contributed by atoms with van der Waals surface area (Å²) >= 11 is 7.34. The van der Waals surface area contributed by atoms with E-state index >= 15 is 0 Å². The van der Waals surface area contributed by atoms with Crippen molar-refractivity contribution in [3.05, 3.63) is 93.3 Å². The SMILES string of the molecule is CCOc1cc(C=C2SC(=Nc3ccc(C(=O)O)cc3)N(CC)C2=O)ccc1OCc1cccc(Cl)c1. The van der Waals surface area contributed by atoms with Gasteiger partial charge in [-0.15, -0.1) is 0 Å². The second-order valence-corrected chi connectivity index (χ2v) is 9.41. The van der Waals surface area contributed by atoms with Crippen molar-refractivity contribution in [1.29, 1.82) is 0 Å². The van der Waals surface area contributed by atoms with Crippen LogP contribution in [0.4, 0.5) is 5.69 Å². The fourth-order valence-corrected chi connectivity index (χ4v) is 4.88. The molecule has 1 amide bonds. The monoisotopic (exact) mass is 536 g/mol. The van der Waals surface area contributed by atoms with Gasteiger partial charge in [0.25, 0.3) is 5.91 Å². The molecule has 0 spiro atoms. The zero-order chi connectivity index (χ0) is 26.4. The Bertz CT molecular complexity index is 1370. The molecule has 1 saturated heterocycles. The van der Waals surface area contributed by atoms with Crippen molar-refractivity contribution in [3.8, 4) is 11.5 Å². The second kappa shape index (κ2) is 12.0. The number of thioether (sulfide) groups is 1. The number of benzene rings is 3. The second-order valence-electron chi connectivity index (χ2n) is 7.96. The van der Waals surface area contributed by atoms with Crippen molar-refractivity contribution in [2.75, 3.05) is 13.2 Å². The molecule has 0 aliphatic carbocycles. The van der Waals surface area contributed by atoms with Crippen LogP contribution < -0.4 is 9.47 Å². The Morgan fingerprint density at radius 3 is 2.51 bits per heavy atom. The van der Waals surface area contributed by atoms with Crippen LogP contribution in [0.5, 0.6) is 11.5 Å². The normalized spacial score (nSPS) is 15.4. The molecule has 0 atom stereocenters. The first kappa shape index (κ1) is 26.3. The number of halogens is 1. The highest BCUT2D eigenvalue weighted by Crippen LogP contribution is 2.36. The summed E-state index contributed by atoms with van der Waals surface area (Å²) in [7, 11) is 0. The molecule has 190 valence electrons. The van der Waals surface area contributed by atoms with E-state index in [2.05, 4.69) is 4.99 Å². The third-order valence-corrected chi connectivity index (χ3v) is 6.63. The van der Waals surface area contributed by atoms with Crippen LogP contribution in [-0.4, -0.2) is 40.2 Å². The molecular weight excluding hydrogens is 512 g/mol. The fourth-order valence-electron chi connectivity index (χ4n) is 3.60. The molecule has 1 heterocycles. The first-order valence-electron chi connectivity index (χ1n) is 11.7. The lowest BCUT2D eigenvalue weighted by molar-refractivity contribution is -0.122. The molecule has 0 radical (unpaired) electrons. The van der Waals surface area contributed by atoms with E-state index in [1.807, 2.05) is 56.3 Å². The summed E-state index contributed by atoms with van der Waals surface area (Å²) in [6.07, 6.45) is 1.80. The molecule has 3 aromatic rings. The van der Waals surface area contributed by atoms with Crippen molar-refractivity contribution < 1.29 is 24.2 Å². The minimum Gasteiger partial charge on any atom is -0.490 e. The topological polar surface area (TPSA) is 88.4 Å². The number of carbonyl (C=O) groups is 2. The first-order chi connectivity index (χ1) is 17.9. The fraction of sp³-hybridized carbons (Fsp3) is 0.179. The summed E-state index contributed by atoms with van der Waals surface area (Å²) in [4.78, 5) is 30.8. The summed E-state index contributed by atoms with van der Waals surface area (Å²) < 4.78 is 11.8. The molecule has 0 aromatic heterocycles. The van der Waals surface area contributed by atoms with E-state index in [1.165, 1.54) is 23.9 Å². The zero-order valence-electron chi connectivity index (χ0n) is 20.3. The smallest absolute Gasteiger partial charge is 0.335 e. The Morgan fingerprint density at radius 1 is 1.05 bits per heavy atom. The van der Waals surface area contributed by atoms with Gasteiger partial charge >= 0.3 is 5.97 Å². The average Bonchev–Trinajstić information content (AvgIpc) is 3.17. The number of amides is 1. The zero-order valence-corrected chi connectivity index (χ0v) is 21.9. The van der Waals surface area contributed by atoms with Gasteiger partial charge in [-0.05, 0) is 91.3 Å². The molecule has 0 saturated carbocycles. The van der Waals surface area contributed by atoms with E-state index in [1.54, 1.807) is 23.1 Å². The van der Waals surface area contributed by atoms with Gasteiger partial charge in [-0.2, -0.15) is 0 Å². The maximum absolute atomic E-state index is 13.1. The Kier molecular flexibility index (Phi) is 8.53. The van der Waals surface area contributed by atoms with Crippen LogP contribution in [0.1, 0.15) is 35.3 Å². The van der Waals surface area contributed by atoms with Crippen molar-refractivity contribution >= 4 is 52.2 Å². The van der Waals surface area contributed by atoms with Crippen molar-refractivity contribution in [1.82, 2.24) is 4.90 Å². The van der Waals surface area contributed by atoms with Crippen LogP contribution in [0.2, 0.25) is 5.02 Å². The minimum absolute atomic E-state index is 0.146. The number of ether oxygens (including phenoxy) is 2. The number of likely N-dealkylation sites (N-methyl/N-ethyl adjacent to an activating group) is 1. The minimum atomic E-state index is -1.00. The first-order valence-corrected chi connectivity index (χ1v) is 12.8. The van der Waals surface area contributed by atoms with Gasteiger partial charge in [-0.3, -0.25) is 9.69 Å². The molecule has 1 N–H and O–H groups in total. The molecule has 4 rings (SSSR count). The van der Waals surface area contributed by atoms with Crippen LogP contribution in [0.3, 0.4) is 0 Å². The maximum Gasteiger partial charge on any atom is 0.335 e. The summed E-state index contributed by atoms with van der Waals surface area (Å²) in [6.45, 7) is 5.03. The van der Waals surface area contributed by atoms with Crippen LogP contribution in [-0.2, 0) is 11.4 Å². The van der Waals surface area contributed by atoms with Crippen LogP contribution in [0.15, 0.2) is 76.6 Å². The maximum atomic E-state index is 13.1. The molecule has 1 aliphatic rings. The molecule has 0 unspecified atom stereocenters. The van der Waals surface area contributed by atoms with E-state index < -0.39 is 5.97 Å². The summed E-state index contributed by atoms with van der Waals surface area (Å²) in [6, 6.07) is 19.2. The molecule has 9 heteroatoms. The molecule has 1 fully saturated rings. The van der Waals surface area contributed by atoms with Gasteiger partial charge in [0.15, 0.2) is 16.7 Å². The largest absolute Gasteiger partial charge is 0.490 e. The Balaban J connectivity index is 1.55. The number of hydrogen-bond donors (Lipinski definition) is 1. The lowest BCUT2D eigenvalue weighted by Gasteiger charge is -2.13. The summed E-state index contributed by atoms with van der Waals surface area (Å²) in [5.41, 5.74) is 2.48. The number of carboxylic acids is 1. The number of carbonyl (C=O) groups excluding carboxylic acids is 1. The molecule has 0 bridgehead atoms. The summed E-state index contributed by atoms with van der Waals surface area (Å²) in [5, 5.41) is 10.3. The number of nitrogens with zero attached hydrogens (tertiary/aromatic N) is 2. The highest BCUT2D eigenvalue weighted by Gasteiger charge is 2.32. The lowest BCUT2D eigenvalue weighted by atomic mass is 10.1. The number of aromatic carboxylic acids is 1. The molecule has 3 aromatic carbocycles. The summed E-state index contributed by atoms with van der Waals surface area (Å²) in [5.74, 6) is 0.0238. The average molecular weight is 537 g/mol. The highest BCUT2D eigenvalue weighted by atomic mass is 35.5. The van der Waals surface area contributed by atoms with Gasteiger partial charge < -0.3 is 14.6 Å². The number of carboxylic acid groups (broad SMARTS) is 1. The van der Waals surface area contributed by atoms with E-state index in [0.717, 1.165) is 11.1 Å². The number of hydrogen-bond acceptors (Lipinski definition) is 6. The van der Waals surface area contributed by atoms with Gasteiger partial charge in [0.2, 0.25) is 0 Å². The van der Waals surface area contributed by atoms with Crippen molar-refractivity contribution in [3.63, 3.8) is 0 Å². The van der Waals surface area contributed by atoms with Gasteiger partial charge in [-0.1, -0.05) is 29.8 Å². The number of aliphatic imine (C=N–C) groups is 1. The lowest BCUT2D eigenvalue weighted by Crippen LogP contribution is -2.28. The van der Waals surface area contributed by atoms with E-state index in [9.17, 15) is 9.59 Å². The Labute approximate surface area is 224 Å². The quantitative estimate of drug-likeness (QED) is 0.308. The van der Waals surface area contributed by atoms with E-state index in [0.29, 0.717) is 52.0 Å². The molecule has 7 nitrogen and oxygen atoms in total. The van der Waals surface area contributed by atoms with Crippen LogP contribution in [0.25, 0.3) is 6.08 Å². The van der Waals surface area contributed by atoms with Crippen LogP contribution >= 0.6 is 23.4 Å². The predicted molar refractivity (Wildman–Crippen MR) is 147 cm³/mol. The van der Waals surface area contributed by atoms with Gasteiger partial charge in [0, 0.05) is 11.6 Å². The van der Waals surface area contributed by atoms with Crippen LogP contribution in [0, 0.1) is 0 Å². The van der Waals surface area contributed by atoms with Crippen molar-refractivity contribution in [2.24, 2.45) is 4.99 Å². The standard InChI is InChI=1S/C28H25ClN2O5S/c1-3-31-26(32)25(37-28(31)30-22-11-9-20(10-12-22)27(33)34)16-18-8-13-23(24(15-18)35-4-2)36-17-19-6-5-7-21(29)14-19/h5-16H,3-4,17H2,1-2H3,(H,33,34). The third-order valence-electron chi connectivity index (χ3n) is 5.39. The number of amidine groups is 1. The predicted octanol–water partition coefficient (Wildman–Crippen LogP) is 6.64. The van der Waals surface area contributed by atoms with E-state index in [-0.39, 0.29) is 11.5 Å². The number of rotatable bonds is 9.